The number of carboxylic acid groups (broad SMARTS) is 1. The van der Waals surface area contributed by atoms with Crippen molar-refractivity contribution in [1.29, 1.82) is 5.26 Å². The Kier molecular flexibility index (Phi) is 8.03. The number of para-hydroxylation sites is 1. The number of carboxylic acids is 1. The van der Waals surface area contributed by atoms with Crippen molar-refractivity contribution >= 4 is 62.2 Å². The van der Waals surface area contributed by atoms with E-state index in [1.54, 1.807) is 48.5 Å². The van der Waals surface area contributed by atoms with Gasteiger partial charge < -0.3 is 15.2 Å². The summed E-state index contributed by atoms with van der Waals surface area (Å²) < 4.78 is 7.35. The maximum absolute atomic E-state index is 12.4. The van der Waals surface area contributed by atoms with E-state index < -0.39 is 11.9 Å². The summed E-state index contributed by atoms with van der Waals surface area (Å²) >= 11 is 5.60. The monoisotopic (exact) mass is 602 g/mol. The number of benzene rings is 3. The van der Waals surface area contributed by atoms with Crippen LogP contribution >= 0.6 is 38.5 Å². The van der Waals surface area contributed by atoms with Crippen LogP contribution in [0, 0.1) is 14.9 Å². The van der Waals surface area contributed by atoms with E-state index in [-0.39, 0.29) is 17.7 Å². The lowest BCUT2D eigenvalue weighted by Gasteiger charge is -2.12. The van der Waals surface area contributed by atoms with Gasteiger partial charge in [0, 0.05) is 5.69 Å². The second-order valence-corrected chi connectivity index (χ2v) is 8.61. The zero-order valence-corrected chi connectivity index (χ0v) is 20.3. The molecule has 6 nitrogen and oxygen atoms in total. The summed E-state index contributed by atoms with van der Waals surface area (Å²) in [7, 11) is 0. The van der Waals surface area contributed by atoms with Crippen molar-refractivity contribution in [1.82, 2.24) is 0 Å². The van der Waals surface area contributed by atoms with Crippen LogP contribution < -0.4 is 10.1 Å². The topological polar surface area (TPSA) is 99.4 Å². The molecule has 0 aromatic heterocycles. The molecule has 32 heavy (non-hydrogen) atoms. The van der Waals surface area contributed by atoms with E-state index in [4.69, 9.17) is 9.84 Å². The van der Waals surface area contributed by atoms with E-state index in [0.717, 1.165) is 9.13 Å². The molecule has 8 heteroatoms. The summed E-state index contributed by atoms with van der Waals surface area (Å²) in [6.07, 6.45) is 1.51. The maximum atomic E-state index is 12.4. The van der Waals surface area contributed by atoms with Crippen LogP contribution in [0.4, 0.5) is 5.69 Å². The number of carbonyl (C=O) groups is 2. The number of nitrogens with zero attached hydrogens (tertiary/aromatic N) is 1. The number of anilines is 1. The highest BCUT2D eigenvalue weighted by Crippen LogP contribution is 2.33. The smallest absolute Gasteiger partial charge is 0.335 e. The standard InChI is InChI=1S/C24H16BrIN2O4/c25-20-11-16(10-18(13-27)23(29)28-19-4-2-1-3-5-19)12-21(26)22(20)32-14-15-6-8-17(9-7-15)24(30)31/h1-12H,14H2,(H,28,29)(H,30,31)/b18-10-. The van der Waals surface area contributed by atoms with Crippen molar-refractivity contribution in [2.75, 3.05) is 5.32 Å². The summed E-state index contributed by atoms with van der Waals surface area (Å²) in [5, 5.41) is 21.1. The number of halogens is 2. The van der Waals surface area contributed by atoms with Crippen LogP contribution in [-0.4, -0.2) is 17.0 Å². The Hall–Kier alpha value is -3.16. The highest BCUT2D eigenvalue weighted by molar-refractivity contribution is 14.1. The highest BCUT2D eigenvalue weighted by atomic mass is 127. The molecule has 2 N–H and O–H groups in total. The Morgan fingerprint density at radius 1 is 1.12 bits per heavy atom. The zero-order valence-electron chi connectivity index (χ0n) is 16.5. The van der Waals surface area contributed by atoms with Crippen LogP contribution in [0.15, 0.2) is 76.8 Å². The molecule has 0 saturated carbocycles. The van der Waals surface area contributed by atoms with E-state index >= 15 is 0 Å². The molecule has 0 atom stereocenters. The van der Waals surface area contributed by atoms with Gasteiger partial charge in [0.25, 0.3) is 5.91 Å². The third kappa shape index (κ3) is 6.18. The molecular formula is C24H16BrIN2O4. The summed E-state index contributed by atoms with van der Waals surface area (Å²) in [6, 6.07) is 20.9. The van der Waals surface area contributed by atoms with E-state index in [0.29, 0.717) is 21.5 Å². The first-order valence-electron chi connectivity index (χ1n) is 9.29. The van der Waals surface area contributed by atoms with Crippen LogP contribution in [0.2, 0.25) is 0 Å². The summed E-state index contributed by atoms with van der Waals surface area (Å²) in [6.45, 7) is 0.257. The number of nitrogens with one attached hydrogen (secondary N) is 1. The third-order valence-electron chi connectivity index (χ3n) is 4.31. The first-order valence-corrected chi connectivity index (χ1v) is 11.2. The number of nitriles is 1. The van der Waals surface area contributed by atoms with Crippen LogP contribution in [0.1, 0.15) is 21.5 Å². The average molecular weight is 603 g/mol. The zero-order chi connectivity index (χ0) is 23.1. The molecule has 160 valence electrons. The fourth-order valence-corrected chi connectivity index (χ4v) is 4.50. The van der Waals surface area contributed by atoms with Crippen molar-refractivity contribution in [3.05, 3.63) is 97.0 Å². The minimum atomic E-state index is -0.979. The van der Waals surface area contributed by atoms with Crippen LogP contribution in [0.25, 0.3) is 6.08 Å². The predicted octanol–water partition coefficient (Wildman–Crippen LogP) is 5.88. The van der Waals surface area contributed by atoms with Gasteiger partial charge in [-0.15, -0.1) is 0 Å². The minimum absolute atomic E-state index is 0.0243. The quantitative estimate of drug-likeness (QED) is 0.200. The number of aromatic carboxylic acids is 1. The summed E-state index contributed by atoms with van der Waals surface area (Å²) in [5.74, 6) is -0.861. The van der Waals surface area contributed by atoms with Crippen molar-refractivity contribution in [2.45, 2.75) is 6.61 Å². The van der Waals surface area contributed by atoms with Crippen molar-refractivity contribution in [2.24, 2.45) is 0 Å². The van der Waals surface area contributed by atoms with Gasteiger partial charge in [0.1, 0.15) is 24.0 Å². The molecule has 0 radical (unpaired) electrons. The van der Waals surface area contributed by atoms with E-state index in [9.17, 15) is 14.9 Å². The van der Waals surface area contributed by atoms with Crippen molar-refractivity contribution in [3.63, 3.8) is 0 Å². The van der Waals surface area contributed by atoms with Gasteiger partial charge in [0.05, 0.1) is 13.6 Å². The lowest BCUT2D eigenvalue weighted by atomic mass is 10.1. The molecule has 3 aromatic rings. The Labute approximate surface area is 206 Å². The number of rotatable bonds is 7. The van der Waals surface area contributed by atoms with Gasteiger partial charge >= 0.3 is 5.97 Å². The number of carbonyl (C=O) groups excluding carboxylic acids is 1. The molecule has 0 unspecified atom stereocenters. The Bertz CT molecular complexity index is 1200. The molecule has 1 amide bonds. The Morgan fingerprint density at radius 2 is 1.81 bits per heavy atom. The van der Waals surface area contributed by atoms with Crippen molar-refractivity contribution < 1.29 is 19.4 Å². The molecule has 3 aromatic carbocycles. The lowest BCUT2D eigenvalue weighted by Crippen LogP contribution is -2.13. The van der Waals surface area contributed by atoms with E-state index in [1.807, 2.05) is 12.1 Å². The average Bonchev–Trinajstić information content (AvgIpc) is 2.77. The molecule has 0 aliphatic carbocycles. The molecule has 0 aliphatic heterocycles. The number of hydrogen-bond donors (Lipinski definition) is 2. The minimum Gasteiger partial charge on any atom is -0.487 e. The summed E-state index contributed by atoms with van der Waals surface area (Å²) in [5.41, 5.74) is 2.29. The normalized spacial score (nSPS) is 10.8. The van der Waals surface area contributed by atoms with Gasteiger partial charge in [-0.05, 0) is 92.1 Å². The lowest BCUT2D eigenvalue weighted by molar-refractivity contribution is -0.112. The second kappa shape index (κ2) is 10.9. The van der Waals surface area contributed by atoms with Crippen LogP contribution in [-0.2, 0) is 11.4 Å². The van der Waals surface area contributed by atoms with Gasteiger partial charge in [-0.2, -0.15) is 5.26 Å². The first kappa shape index (κ1) is 23.5. The fourth-order valence-electron chi connectivity index (χ4n) is 2.73. The molecule has 0 fully saturated rings. The largest absolute Gasteiger partial charge is 0.487 e. The van der Waals surface area contributed by atoms with Gasteiger partial charge in [-0.1, -0.05) is 30.3 Å². The number of hydrogen-bond acceptors (Lipinski definition) is 4. The van der Waals surface area contributed by atoms with E-state index in [2.05, 4.69) is 43.8 Å². The van der Waals surface area contributed by atoms with Gasteiger partial charge in [-0.25, -0.2) is 4.79 Å². The Balaban J connectivity index is 1.74. The molecule has 0 spiro atoms. The highest BCUT2D eigenvalue weighted by Gasteiger charge is 2.13. The number of amides is 1. The predicted molar refractivity (Wildman–Crippen MR) is 133 cm³/mol. The molecular weight excluding hydrogens is 587 g/mol. The third-order valence-corrected chi connectivity index (χ3v) is 5.70. The maximum Gasteiger partial charge on any atom is 0.335 e. The first-order chi connectivity index (χ1) is 15.4. The van der Waals surface area contributed by atoms with Gasteiger partial charge in [-0.3, -0.25) is 4.79 Å². The molecule has 3 rings (SSSR count). The molecule has 0 heterocycles. The van der Waals surface area contributed by atoms with Crippen LogP contribution in [0.3, 0.4) is 0 Å². The van der Waals surface area contributed by atoms with E-state index in [1.165, 1.54) is 18.2 Å². The van der Waals surface area contributed by atoms with Gasteiger partial charge in [0.15, 0.2) is 0 Å². The molecule has 0 bridgehead atoms. The SMILES string of the molecule is N#C/C(=C/c1cc(Br)c(OCc2ccc(C(=O)O)cc2)c(I)c1)C(=O)Nc1ccccc1. The van der Waals surface area contributed by atoms with Crippen LogP contribution in [0.5, 0.6) is 5.75 Å². The Morgan fingerprint density at radius 3 is 2.41 bits per heavy atom. The molecule has 0 aliphatic rings. The summed E-state index contributed by atoms with van der Waals surface area (Å²) in [4.78, 5) is 23.4. The second-order valence-electron chi connectivity index (χ2n) is 6.59. The molecule has 0 saturated heterocycles. The van der Waals surface area contributed by atoms with Crippen molar-refractivity contribution in [3.8, 4) is 11.8 Å². The fraction of sp³-hybridized carbons (Fsp3) is 0.0417. The number of ether oxygens (including phenoxy) is 1. The van der Waals surface area contributed by atoms with Gasteiger partial charge in [0.2, 0.25) is 0 Å².